The minimum atomic E-state index is -0.296. The molecule has 0 aliphatic heterocycles. The van der Waals surface area contributed by atoms with Gasteiger partial charge in [0.2, 0.25) is 5.91 Å². The zero-order chi connectivity index (χ0) is 24.1. The lowest BCUT2D eigenvalue weighted by molar-refractivity contribution is -0.115. The number of carbonyl (C=O) groups is 2. The second-order valence-corrected chi connectivity index (χ2v) is 9.67. The number of rotatable bonds is 7. The molecule has 2 amide bonds. The quantitative estimate of drug-likeness (QED) is 0.285. The molecular formula is C29H28N2O2S. The highest BCUT2D eigenvalue weighted by Gasteiger charge is 2.17. The number of carbonyl (C=O) groups excluding carboxylic acids is 2. The van der Waals surface area contributed by atoms with Gasteiger partial charge >= 0.3 is 0 Å². The van der Waals surface area contributed by atoms with Crippen molar-refractivity contribution < 1.29 is 9.59 Å². The third-order valence-electron chi connectivity index (χ3n) is 5.77. The van der Waals surface area contributed by atoms with Crippen molar-refractivity contribution in [1.82, 2.24) is 0 Å². The second-order valence-electron chi connectivity index (χ2n) is 8.26. The van der Waals surface area contributed by atoms with E-state index in [1.807, 2.05) is 98.8 Å². The summed E-state index contributed by atoms with van der Waals surface area (Å²) in [5.74, 6) is -0.204. The van der Waals surface area contributed by atoms with Gasteiger partial charge in [0.25, 0.3) is 5.91 Å². The first-order valence-electron chi connectivity index (χ1n) is 11.4. The van der Waals surface area contributed by atoms with E-state index in [2.05, 4.69) is 17.6 Å². The monoisotopic (exact) mass is 468 g/mol. The fraction of sp³-hybridized carbons (Fsp3) is 0.172. The first-order valence-corrected chi connectivity index (χ1v) is 12.3. The van der Waals surface area contributed by atoms with E-state index in [4.69, 9.17) is 0 Å². The Labute approximate surface area is 204 Å². The largest absolute Gasteiger partial charge is 0.325 e. The molecule has 0 fully saturated rings. The molecule has 4 rings (SSSR count). The third-order valence-corrected chi connectivity index (χ3v) is 6.87. The Morgan fingerprint density at radius 1 is 0.853 bits per heavy atom. The molecule has 0 saturated carbocycles. The first-order chi connectivity index (χ1) is 16.4. The Kier molecular flexibility index (Phi) is 7.33. The maximum atomic E-state index is 12.9. The molecule has 0 spiro atoms. The van der Waals surface area contributed by atoms with Crippen LogP contribution in [0.1, 0.15) is 35.3 Å². The van der Waals surface area contributed by atoms with Crippen LogP contribution in [0.3, 0.4) is 0 Å². The number of nitrogens with one attached hydrogen (secondary N) is 2. The standard InChI is InChI=1S/C29H28N2O2S/c1-4-21-12-7-9-19(2)27(21)31-28(32)20(3)34-26-14-8-13-25(18-26)30-29(33)24-16-15-22-10-5-6-11-23(22)17-24/h5-18,20H,4H2,1-3H3,(H,30,33)(H,31,32). The van der Waals surface area contributed by atoms with E-state index < -0.39 is 0 Å². The average Bonchev–Trinajstić information content (AvgIpc) is 2.85. The Morgan fingerprint density at radius 2 is 1.62 bits per heavy atom. The maximum Gasteiger partial charge on any atom is 0.255 e. The number of para-hydroxylation sites is 1. The minimum absolute atomic E-state index is 0.0420. The van der Waals surface area contributed by atoms with Crippen molar-refractivity contribution in [3.8, 4) is 0 Å². The molecule has 1 atom stereocenters. The van der Waals surface area contributed by atoms with Gasteiger partial charge in [-0.15, -0.1) is 11.8 Å². The molecule has 0 aromatic heterocycles. The van der Waals surface area contributed by atoms with E-state index in [-0.39, 0.29) is 17.1 Å². The molecule has 0 aliphatic rings. The SMILES string of the molecule is CCc1cccc(C)c1NC(=O)C(C)Sc1cccc(NC(=O)c2ccc3ccccc3c2)c1. The second kappa shape index (κ2) is 10.6. The number of hydrogen-bond donors (Lipinski definition) is 2. The van der Waals surface area contributed by atoms with Gasteiger partial charge in [-0.05, 0) is 72.5 Å². The molecule has 1 unspecified atom stereocenters. The topological polar surface area (TPSA) is 58.2 Å². The fourth-order valence-corrected chi connectivity index (χ4v) is 4.79. The third kappa shape index (κ3) is 5.49. The maximum absolute atomic E-state index is 12.9. The average molecular weight is 469 g/mol. The van der Waals surface area contributed by atoms with Crippen LogP contribution in [0.5, 0.6) is 0 Å². The number of anilines is 2. The number of amides is 2. The predicted octanol–water partition coefficient (Wildman–Crippen LogP) is 7.08. The van der Waals surface area contributed by atoms with Gasteiger partial charge in [0.05, 0.1) is 5.25 Å². The predicted molar refractivity (Wildman–Crippen MR) is 143 cm³/mol. The molecule has 172 valence electrons. The summed E-state index contributed by atoms with van der Waals surface area (Å²) in [5.41, 5.74) is 4.39. The van der Waals surface area contributed by atoms with E-state index in [9.17, 15) is 9.59 Å². The molecule has 2 N–H and O–H groups in total. The Morgan fingerprint density at radius 3 is 2.41 bits per heavy atom. The molecule has 0 bridgehead atoms. The van der Waals surface area contributed by atoms with Gasteiger partial charge in [-0.3, -0.25) is 9.59 Å². The highest BCUT2D eigenvalue weighted by molar-refractivity contribution is 8.00. The smallest absolute Gasteiger partial charge is 0.255 e. The fourth-order valence-electron chi connectivity index (χ4n) is 3.87. The lowest BCUT2D eigenvalue weighted by Crippen LogP contribution is -2.23. The molecule has 0 saturated heterocycles. The van der Waals surface area contributed by atoms with Crippen LogP contribution in [0, 0.1) is 6.92 Å². The molecule has 4 aromatic carbocycles. The van der Waals surface area contributed by atoms with Gasteiger partial charge in [0.1, 0.15) is 0 Å². The van der Waals surface area contributed by atoms with Gasteiger partial charge in [-0.25, -0.2) is 0 Å². The van der Waals surface area contributed by atoms with Crippen LogP contribution in [0.2, 0.25) is 0 Å². The van der Waals surface area contributed by atoms with Gasteiger partial charge < -0.3 is 10.6 Å². The molecule has 4 nitrogen and oxygen atoms in total. The molecule has 0 aliphatic carbocycles. The minimum Gasteiger partial charge on any atom is -0.325 e. The van der Waals surface area contributed by atoms with Crippen molar-refractivity contribution in [2.75, 3.05) is 10.6 Å². The van der Waals surface area contributed by atoms with Gasteiger partial charge in [-0.2, -0.15) is 0 Å². The summed E-state index contributed by atoms with van der Waals surface area (Å²) in [7, 11) is 0. The molecule has 0 radical (unpaired) electrons. The van der Waals surface area contributed by atoms with E-state index in [0.29, 0.717) is 11.3 Å². The molecule has 4 aromatic rings. The van der Waals surface area contributed by atoms with Crippen molar-refractivity contribution in [2.24, 2.45) is 0 Å². The summed E-state index contributed by atoms with van der Waals surface area (Å²) in [6.45, 7) is 5.98. The van der Waals surface area contributed by atoms with Gasteiger partial charge in [-0.1, -0.05) is 61.5 Å². The summed E-state index contributed by atoms with van der Waals surface area (Å²) in [4.78, 5) is 26.6. The van der Waals surface area contributed by atoms with Gasteiger partial charge in [0, 0.05) is 21.8 Å². The number of benzene rings is 4. The van der Waals surface area contributed by atoms with Crippen LogP contribution in [0.4, 0.5) is 11.4 Å². The molecule has 0 heterocycles. The van der Waals surface area contributed by atoms with E-state index in [0.717, 1.165) is 38.9 Å². The van der Waals surface area contributed by atoms with Crippen molar-refractivity contribution >= 4 is 45.7 Å². The van der Waals surface area contributed by atoms with Crippen molar-refractivity contribution in [2.45, 2.75) is 37.3 Å². The van der Waals surface area contributed by atoms with Crippen molar-refractivity contribution in [3.05, 3.63) is 102 Å². The first kappa shape index (κ1) is 23.6. The number of hydrogen-bond acceptors (Lipinski definition) is 3. The number of fused-ring (bicyclic) bond motifs is 1. The highest BCUT2D eigenvalue weighted by atomic mass is 32.2. The van der Waals surface area contributed by atoms with Crippen molar-refractivity contribution in [3.63, 3.8) is 0 Å². The van der Waals surface area contributed by atoms with Crippen molar-refractivity contribution in [1.29, 1.82) is 0 Å². The van der Waals surface area contributed by atoms with Crippen LogP contribution in [0.25, 0.3) is 10.8 Å². The zero-order valence-corrected chi connectivity index (χ0v) is 20.4. The van der Waals surface area contributed by atoms with Crippen LogP contribution in [0.15, 0.2) is 89.8 Å². The van der Waals surface area contributed by atoms with Crippen LogP contribution in [-0.2, 0) is 11.2 Å². The Hall–Kier alpha value is -3.57. The van der Waals surface area contributed by atoms with Crippen LogP contribution < -0.4 is 10.6 Å². The van der Waals surface area contributed by atoms with E-state index >= 15 is 0 Å². The lowest BCUT2D eigenvalue weighted by Gasteiger charge is -2.16. The summed E-state index contributed by atoms with van der Waals surface area (Å²) in [6, 6.07) is 27.3. The summed E-state index contributed by atoms with van der Waals surface area (Å²) in [5, 5.41) is 7.91. The Balaban J connectivity index is 1.42. The normalized spacial score (nSPS) is 11.7. The molecule has 5 heteroatoms. The Bertz CT molecular complexity index is 1350. The highest BCUT2D eigenvalue weighted by Crippen LogP contribution is 2.28. The molecular weight excluding hydrogens is 440 g/mol. The van der Waals surface area contributed by atoms with E-state index in [1.54, 1.807) is 0 Å². The van der Waals surface area contributed by atoms with E-state index in [1.165, 1.54) is 11.8 Å². The zero-order valence-electron chi connectivity index (χ0n) is 19.6. The summed E-state index contributed by atoms with van der Waals surface area (Å²) >= 11 is 1.47. The number of aryl methyl sites for hydroxylation is 2. The lowest BCUT2D eigenvalue weighted by atomic mass is 10.1. The van der Waals surface area contributed by atoms with Crippen LogP contribution >= 0.6 is 11.8 Å². The summed E-state index contributed by atoms with van der Waals surface area (Å²) < 4.78 is 0. The molecule has 34 heavy (non-hydrogen) atoms. The number of thioether (sulfide) groups is 1. The van der Waals surface area contributed by atoms with Crippen LogP contribution in [-0.4, -0.2) is 17.1 Å². The van der Waals surface area contributed by atoms with Gasteiger partial charge in [0.15, 0.2) is 0 Å². The summed E-state index contributed by atoms with van der Waals surface area (Å²) in [6.07, 6.45) is 0.859.